The second kappa shape index (κ2) is 6.87. The predicted molar refractivity (Wildman–Crippen MR) is 87.8 cm³/mol. The largest absolute Gasteiger partial charge is 0.416 e. The normalized spacial score (nSPS) is 12.8. The van der Waals surface area contributed by atoms with Crippen LogP contribution in [0.2, 0.25) is 5.02 Å². The summed E-state index contributed by atoms with van der Waals surface area (Å²) >= 11 is 5.86. The summed E-state index contributed by atoms with van der Waals surface area (Å²) in [6, 6.07) is 3.26. The van der Waals surface area contributed by atoms with Crippen LogP contribution in [0.4, 0.5) is 18.9 Å². The lowest BCUT2D eigenvalue weighted by molar-refractivity contribution is -0.137. The number of benzene rings is 1. The molecule has 0 bridgehead atoms. The lowest BCUT2D eigenvalue weighted by Gasteiger charge is -2.18. The summed E-state index contributed by atoms with van der Waals surface area (Å²) < 4.78 is 39.5. The molecule has 0 saturated heterocycles. The SMILES string of the molecule is Cc1cc(C)n([C@H](C)C(=O)Nc2cc(C(F)(F)F)ccc2Cl)c(=O)n1. The van der Waals surface area contributed by atoms with E-state index in [1.807, 2.05) is 0 Å². The second-order valence-corrected chi connectivity index (χ2v) is 5.96. The van der Waals surface area contributed by atoms with E-state index in [4.69, 9.17) is 11.6 Å². The van der Waals surface area contributed by atoms with Gasteiger partial charge in [0.1, 0.15) is 6.04 Å². The molecule has 0 fully saturated rings. The zero-order valence-corrected chi connectivity index (χ0v) is 14.4. The van der Waals surface area contributed by atoms with E-state index >= 15 is 0 Å². The maximum Gasteiger partial charge on any atom is 0.416 e. The third-order valence-electron chi connectivity index (χ3n) is 3.59. The smallest absolute Gasteiger partial charge is 0.323 e. The van der Waals surface area contributed by atoms with E-state index in [9.17, 15) is 22.8 Å². The fraction of sp³-hybridized carbons (Fsp3) is 0.312. The molecule has 1 aromatic heterocycles. The van der Waals surface area contributed by atoms with Crippen LogP contribution >= 0.6 is 11.6 Å². The van der Waals surface area contributed by atoms with E-state index in [2.05, 4.69) is 10.3 Å². The third-order valence-corrected chi connectivity index (χ3v) is 3.92. The van der Waals surface area contributed by atoms with Crippen LogP contribution in [-0.2, 0) is 11.0 Å². The number of hydrogen-bond acceptors (Lipinski definition) is 3. The number of nitrogens with zero attached hydrogens (tertiary/aromatic N) is 2. The summed E-state index contributed by atoms with van der Waals surface area (Å²) in [5, 5.41) is 2.29. The van der Waals surface area contributed by atoms with Gasteiger partial charge in [0.05, 0.1) is 16.3 Å². The van der Waals surface area contributed by atoms with E-state index in [0.29, 0.717) is 11.4 Å². The number of nitrogens with one attached hydrogen (secondary N) is 1. The van der Waals surface area contributed by atoms with Crippen LogP contribution in [0.1, 0.15) is 29.9 Å². The van der Waals surface area contributed by atoms with Crippen molar-refractivity contribution in [3.63, 3.8) is 0 Å². The predicted octanol–water partition coefficient (Wildman–Crippen LogP) is 3.73. The summed E-state index contributed by atoms with van der Waals surface area (Å²) in [4.78, 5) is 28.1. The van der Waals surface area contributed by atoms with Gasteiger partial charge in [-0.15, -0.1) is 0 Å². The molecule has 0 spiro atoms. The lowest BCUT2D eigenvalue weighted by Crippen LogP contribution is -2.34. The molecular formula is C16H15ClF3N3O2. The van der Waals surface area contributed by atoms with Crippen molar-refractivity contribution in [3.8, 4) is 0 Å². The monoisotopic (exact) mass is 373 g/mol. The van der Waals surface area contributed by atoms with Crippen molar-refractivity contribution < 1.29 is 18.0 Å². The molecule has 1 atom stereocenters. The van der Waals surface area contributed by atoms with Crippen molar-refractivity contribution in [2.75, 3.05) is 5.32 Å². The van der Waals surface area contributed by atoms with Crippen molar-refractivity contribution >= 4 is 23.2 Å². The highest BCUT2D eigenvalue weighted by atomic mass is 35.5. The number of carbonyl (C=O) groups is 1. The molecule has 1 N–H and O–H groups in total. The molecule has 0 aliphatic heterocycles. The standard InChI is InChI=1S/C16H15ClF3N3O2/c1-8-6-9(2)23(15(25)21-8)10(3)14(24)22-13-7-11(16(18,19)20)4-5-12(13)17/h4-7,10H,1-3H3,(H,22,24)/t10-/m1/s1. The second-order valence-electron chi connectivity index (χ2n) is 5.55. The highest BCUT2D eigenvalue weighted by Crippen LogP contribution is 2.34. The Morgan fingerprint density at radius 1 is 1.28 bits per heavy atom. The first kappa shape index (κ1) is 19.0. The van der Waals surface area contributed by atoms with Gasteiger partial charge in [-0.25, -0.2) is 4.79 Å². The van der Waals surface area contributed by atoms with Gasteiger partial charge < -0.3 is 5.32 Å². The average molecular weight is 374 g/mol. The fourth-order valence-corrected chi connectivity index (χ4v) is 2.55. The Labute approximate surface area is 146 Å². The Hall–Kier alpha value is -2.35. The minimum atomic E-state index is -4.57. The van der Waals surface area contributed by atoms with E-state index in [-0.39, 0.29) is 10.7 Å². The quantitative estimate of drug-likeness (QED) is 0.891. The number of rotatable bonds is 3. The first-order valence-electron chi connectivity index (χ1n) is 7.25. The van der Waals surface area contributed by atoms with Crippen molar-refractivity contribution in [2.24, 2.45) is 0 Å². The Kier molecular flexibility index (Phi) is 5.22. The number of amides is 1. The molecule has 1 aromatic carbocycles. The first-order chi connectivity index (χ1) is 11.5. The van der Waals surface area contributed by atoms with Gasteiger partial charge in [0.15, 0.2) is 0 Å². The first-order valence-corrected chi connectivity index (χ1v) is 7.63. The van der Waals surface area contributed by atoms with Crippen molar-refractivity contribution in [1.82, 2.24) is 9.55 Å². The number of carbonyl (C=O) groups excluding carboxylic acids is 1. The van der Waals surface area contributed by atoms with Gasteiger partial charge in [-0.1, -0.05) is 11.6 Å². The molecular weight excluding hydrogens is 359 g/mol. The van der Waals surface area contributed by atoms with E-state index in [1.165, 1.54) is 6.92 Å². The van der Waals surface area contributed by atoms with Crippen LogP contribution in [0.15, 0.2) is 29.1 Å². The summed E-state index contributed by atoms with van der Waals surface area (Å²) in [7, 11) is 0. The minimum absolute atomic E-state index is 0.0420. The number of alkyl halides is 3. The summed E-state index contributed by atoms with van der Waals surface area (Å²) in [6.07, 6.45) is -4.57. The van der Waals surface area contributed by atoms with E-state index in [1.54, 1.807) is 19.9 Å². The highest BCUT2D eigenvalue weighted by Gasteiger charge is 2.31. The average Bonchev–Trinajstić information content (AvgIpc) is 2.47. The van der Waals surface area contributed by atoms with Gasteiger partial charge in [-0.2, -0.15) is 18.2 Å². The molecule has 5 nitrogen and oxygen atoms in total. The van der Waals surface area contributed by atoms with Gasteiger partial charge >= 0.3 is 11.9 Å². The zero-order valence-electron chi connectivity index (χ0n) is 13.6. The van der Waals surface area contributed by atoms with E-state index in [0.717, 1.165) is 22.8 Å². The van der Waals surface area contributed by atoms with Gasteiger partial charge in [-0.3, -0.25) is 9.36 Å². The Morgan fingerprint density at radius 3 is 2.48 bits per heavy atom. The molecule has 134 valence electrons. The Balaban J connectivity index is 2.33. The number of anilines is 1. The number of aryl methyl sites for hydroxylation is 2. The van der Waals surface area contributed by atoms with Crippen molar-refractivity contribution in [1.29, 1.82) is 0 Å². The zero-order chi connectivity index (χ0) is 18.9. The summed E-state index contributed by atoms with van der Waals surface area (Å²) in [6.45, 7) is 4.73. The highest BCUT2D eigenvalue weighted by molar-refractivity contribution is 6.33. The summed E-state index contributed by atoms with van der Waals surface area (Å²) in [5.74, 6) is -0.683. The van der Waals surface area contributed by atoms with Gasteiger partial charge in [-0.05, 0) is 45.0 Å². The Bertz CT molecular complexity index is 878. The molecule has 9 heteroatoms. The van der Waals surface area contributed by atoms with Crippen LogP contribution in [-0.4, -0.2) is 15.5 Å². The van der Waals surface area contributed by atoms with Crippen molar-refractivity contribution in [3.05, 3.63) is 56.7 Å². The molecule has 25 heavy (non-hydrogen) atoms. The summed E-state index contributed by atoms with van der Waals surface area (Å²) in [5.41, 5.74) is -0.720. The Morgan fingerprint density at radius 2 is 1.92 bits per heavy atom. The molecule has 0 aliphatic carbocycles. The van der Waals surface area contributed by atoms with Gasteiger partial charge in [0.2, 0.25) is 5.91 Å². The van der Waals surface area contributed by atoms with E-state index < -0.39 is 29.4 Å². The van der Waals surface area contributed by atoms with Crippen molar-refractivity contribution in [2.45, 2.75) is 33.0 Å². The topological polar surface area (TPSA) is 64.0 Å². The lowest BCUT2D eigenvalue weighted by atomic mass is 10.2. The molecule has 1 amide bonds. The van der Waals surface area contributed by atoms with Crippen LogP contribution in [0.25, 0.3) is 0 Å². The number of halogens is 4. The molecule has 0 unspecified atom stereocenters. The van der Waals surface area contributed by atoms with Crippen LogP contribution in [0.3, 0.4) is 0 Å². The maximum absolute atomic E-state index is 12.8. The third kappa shape index (κ3) is 4.19. The van der Waals surface area contributed by atoms with Crippen LogP contribution in [0.5, 0.6) is 0 Å². The van der Waals surface area contributed by atoms with Gasteiger partial charge in [0, 0.05) is 11.4 Å². The minimum Gasteiger partial charge on any atom is -0.323 e. The number of aromatic nitrogens is 2. The van der Waals surface area contributed by atoms with Gasteiger partial charge in [0.25, 0.3) is 0 Å². The van der Waals surface area contributed by atoms with Crippen LogP contribution in [0, 0.1) is 13.8 Å². The fourth-order valence-electron chi connectivity index (χ4n) is 2.38. The molecule has 0 aliphatic rings. The number of hydrogen-bond donors (Lipinski definition) is 1. The molecule has 1 heterocycles. The molecule has 0 saturated carbocycles. The molecule has 2 rings (SSSR count). The molecule has 2 aromatic rings. The maximum atomic E-state index is 12.8. The van der Waals surface area contributed by atoms with Crippen LogP contribution < -0.4 is 11.0 Å². The molecule has 0 radical (unpaired) electrons.